The molecular formula is C14H21N3S2. The summed E-state index contributed by atoms with van der Waals surface area (Å²) in [5.74, 6) is 0.438. The monoisotopic (exact) mass is 295 g/mol. The molecule has 0 bridgehead atoms. The predicted molar refractivity (Wildman–Crippen MR) is 85.4 cm³/mol. The molecule has 2 heterocycles. The maximum atomic E-state index is 4.70. The molecule has 1 N–H and O–H groups in total. The van der Waals surface area contributed by atoms with Crippen molar-refractivity contribution in [1.29, 1.82) is 0 Å². The standard InChI is InChI=1S/C14H21N3S2/c1-6-9(4)15-14-17-11(7-18-14)13-12(8(2)3)16-10(5)19-13/h7-9H,6H2,1-5H3,(H,15,17). The number of thiazole rings is 2. The van der Waals surface area contributed by atoms with Crippen LogP contribution >= 0.6 is 22.7 Å². The molecule has 0 aromatic carbocycles. The van der Waals surface area contributed by atoms with Gasteiger partial charge >= 0.3 is 0 Å². The highest BCUT2D eigenvalue weighted by Gasteiger charge is 2.17. The number of aromatic nitrogens is 2. The molecule has 0 saturated carbocycles. The quantitative estimate of drug-likeness (QED) is 0.851. The molecule has 1 unspecified atom stereocenters. The van der Waals surface area contributed by atoms with Gasteiger partial charge in [0.1, 0.15) is 0 Å². The van der Waals surface area contributed by atoms with Gasteiger partial charge in [-0.1, -0.05) is 20.8 Å². The van der Waals surface area contributed by atoms with Crippen LogP contribution < -0.4 is 5.32 Å². The fourth-order valence-electron chi connectivity index (χ4n) is 1.78. The molecule has 1 atom stereocenters. The third kappa shape index (κ3) is 3.34. The highest BCUT2D eigenvalue weighted by atomic mass is 32.1. The van der Waals surface area contributed by atoms with Gasteiger partial charge in [-0.2, -0.15) is 0 Å². The summed E-state index contributed by atoms with van der Waals surface area (Å²) >= 11 is 3.41. The molecule has 2 rings (SSSR count). The van der Waals surface area contributed by atoms with Crippen molar-refractivity contribution in [2.75, 3.05) is 5.32 Å². The summed E-state index contributed by atoms with van der Waals surface area (Å²) in [6, 6.07) is 0.465. The highest BCUT2D eigenvalue weighted by Crippen LogP contribution is 2.35. The summed E-state index contributed by atoms with van der Waals surface area (Å²) < 4.78 is 0. The van der Waals surface area contributed by atoms with Crippen molar-refractivity contribution in [1.82, 2.24) is 9.97 Å². The van der Waals surface area contributed by atoms with Crippen LogP contribution in [0.1, 0.15) is 50.7 Å². The molecule has 0 saturated heterocycles. The second-order valence-corrected chi connectivity index (χ2v) is 7.15. The minimum Gasteiger partial charge on any atom is -0.359 e. The molecule has 2 aromatic rings. The van der Waals surface area contributed by atoms with Crippen molar-refractivity contribution in [3.63, 3.8) is 0 Å². The van der Waals surface area contributed by atoms with Crippen LogP contribution in [0.5, 0.6) is 0 Å². The summed E-state index contributed by atoms with van der Waals surface area (Å²) in [6.07, 6.45) is 1.10. The van der Waals surface area contributed by atoms with E-state index in [2.05, 4.69) is 50.3 Å². The van der Waals surface area contributed by atoms with Gasteiger partial charge in [-0.25, -0.2) is 9.97 Å². The van der Waals surface area contributed by atoms with Gasteiger partial charge in [-0.3, -0.25) is 0 Å². The molecular weight excluding hydrogens is 274 g/mol. The summed E-state index contributed by atoms with van der Waals surface area (Å²) in [5.41, 5.74) is 2.23. The van der Waals surface area contributed by atoms with Crippen molar-refractivity contribution in [3.05, 3.63) is 16.1 Å². The van der Waals surface area contributed by atoms with Crippen molar-refractivity contribution >= 4 is 27.8 Å². The number of nitrogens with zero attached hydrogens (tertiary/aromatic N) is 2. The Bertz CT molecular complexity index is 543. The van der Waals surface area contributed by atoms with E-state index in [-0.39, 0.29) is 0 Å². The van der Waals surface area contributed by atoms with Crippen molar-refractivity contribution in [3.8, 4) is 10.6 Å². The zero-order chi connectivity index (χ0) is 14.0. The number of hydrogen-bond acceptors (Lipinski definition) is 5. The van der Waals surface area contributed by atoms with E-state index < -0.39 is 0 Å². The predicted octanol–water partition coefficient (Wildman–Crippen LogP) is 4.91. The van der Waals surface area contributed by atoms with E-state index >= 15 is 0 Å². The van der Waals surface area contributed by atoms with Gasteiger partial charge in [0.25, 0.3) is 0 Å². The molecule has 0 fully saturated rings. The van der Waals surface area contributed by atoms with E-state index in [0.29, 0.717) is 12.0 Å². The summed E-state index contributed by atoms with van der Waals surface area (Å²) in [4.78, 5) is 10.6. The van der Waals surface area contributed by atoms with E-state index in [0.717, 1.165) is 22.3 Å². The SMILES string of the molecule is CCC(C)Nc1nc(-c2sc(C)nc2C(C)C)cs1. The van der Waals surface area contributed by atoms with Crippen LogP contribution in [-0.2, 0) is 0 Å². The number of rotatable bonds is 5. The van der Waals surface area contributed by atoms with Crippen LogP contribution in [0.3, 0.4) is 0 Å². The van der Waals surface area contributed by atoms with Crippen LogP contribution in [0, 0.1) is 6.92 Å². The Morgan fingerprint density at radius 3 is 2.63 bits per heavy atom. The van der Waals surface area contributed by atoms with Crippen molar-refractivity contribution in [2.45, 2.75) is 53.0 Å². The van der Waals surface area contributed by atoms with Gasteiger partial charge in [-0.15, -0.1) is 22.7 Å². The third-order valence-corrected chi connectivity index (χ3v) is 4.81. The molecule has 0 spiro atoms. The molecule has 3 nitrogen and oxygen atoms in total. The van der Waals surface area contributed by atoms with Gasteiger partial charge < -0.3 is 5.32 Å². The van der Waals surface area contributed by atoms with Gasteiger partial charge in [-0.05, 0) is 26.2 Å². The van der Waals surface area contributed by atoms with Crippen molar-refractivity contribution < 1.29 is 0 Å². The van der Waals surface area contributed by atoms with Gasteiger partial charge in [0.2, 0.25) is 0 Å². The molecule has 0 amide bonds. The van der Waals surface area contributed by atoms with Gasteiger partial charge in [0, 0.05) is 11.4 Å². The van der Waals surface area contributed by atoms with Gasteiger partial charge in [0.15, 0.2) is 5.13 Å². The lowest BCUT2D eigenvalue weighted by Crippen LogP contribution is -2.12. The number of aryl methyl sites for hydroxylation is 1. The second kappa shape index (κ2) is 6.01. The largest absolute Gasteiger partial charge is 0.359 e. The van der Waals surface area contributed by atoms with E-state index in [9.17, 15) is 0 Å². The summed E-state index contributed by atoms with van der Waals surface area (Å²) in [7, 11) is 0. The van der Waals surface area contributed by atoms with Crippen LogP contribution in [0.2, 0.25) is 0 Å². The number of anilines is 1. The second-order valence-electron chi connectivity index (χ2n) is 5.09. The van der Waals surface area contributed by atoms with E-state index in [1.54, 1.807) is 22.7 Å². The maximum absolute atomic E-state index is 4.70. The Morgan fingerprint density at radius 1 is 1.26 bits per heavy atom. The van der Waals surface area contributed by atoms with Crippen LogP contribution in [0.15, 0.2) is 5.38 Å². The average Bonchev–Trinajstić information content (AvgIpc) is 2.95. The Kier molecular flexibility index (Phi) is 4.58. The topological polar surface area (TPSA) is 37.8 Å². The zero-order valence-corrected chi connectivity index (χ0v) is 13.8. The minimum atomic E-state index is 0.438. The molecule has 0 radical (unpaired) electrons. The third-order valence-electron chi connectivity index (χ3n) is 3.03. The van der Waals surface area contributed by atoms with E-state index in [1.165, 1.54) is 10.6 Å². The first kappa shape index (κ1) is 14.5. The molecule has 19 heavy (non-hydrogen) atoms. The Labute approximate surface area is 123 Å². The summed E-state index contributed by atoms with van der Waals surface area (Å²) in [6.45, 7) is 10.8. The molecule has 0 aliphatic heterocycles. The molecule has 5 heteroatoms. The smallest absolute Gasteiger partial charge is 0.183 e. The zero-order valence-electron chi connectivity index (χ0n) is 12.2. The van der Waals surface area contributed by atoms with E-state index in [1.807, 2.05) is 0 Å². The van der Waals surface area contributed by atoms with Crippen molar-refractivity contribution in [2.24, 2.45) is 0 Å². The van der Waals surface area contributed by atoms with Gasteiger partial charge in [0.05, 0.1) is 21.3 Å². The molecule has 2 aromatic heterocycles. The lowest BCUT2D eigenvalue weighted by atomic mass is 10.1. The average molecular weight is 295 g/mol. The fraction of sp³-hybridized carbons (Fsp3) is 0.571. The summed E-state index contributed by atoms with van der Waals surface area (Å²) in [5, 5.41) is 7.68. The Morgan fingerprint density at radius 2 is 2.00 bits per heavy atom. The van der Waals surface area contributed by atoms with Crippen LogP contribution in [-0.4, -0.2) is 16.0 Å². The lowest BCUT2D eigenvalue weighted by molar-refractivity contribution is 0.763. The Hall–Kier alpha value is -0.940. The normalized spacial score (nSPS) is 12.9. The molecule has 0 aliphatic carbocycles. The first-order valence-electron chi connectivity index (χ1n) is 6.71. The lowest BCUT2D eigenvalue weighted by Gasteiger charge is -2.08. The maximum Gasteiger partial charge on any atom is 0.183 e. The number of hydrogen-bond donors (Lipinski definition) is 1. The molecule has 104 valence electrons. The minimum absolute atomic E-state index is 0.438. The first-order chi connectivity index (χ1) is 9.01. The highest BCUT2D eigenvalue weighted by molar-refractivity contribution is 7.16. The fourth-order valence-corrected chi connectivity index (χ4v) is 3.70. The first-order valence-corrected chi connectivity index (χ1v) is 8.40. The molecule has 0 aliphatic rings. The van der Waals surface area contributed by atoms with Crippen LogP contribution in [0.25, 0.3) is 10.6 Å². The van der Waals surface area contributed by atoms with Crippen LogP contribution in [0.4, 0.5) is 5.13 Å². The Balaban J connectivity index is 2.27. The van der Waals surface area contributed by atoms with E-state index in [4.69, 9.17) is 4.98 Å². The number of nitrogens with one attached hydrogen (secondary N) is 1.